The van der Waals surface area contributed by atoms with Crippen molar-refractivity contribution in [2.45, 2.75) is 64.6 Å². The van der Waals surface area contributed by atoms with Crippen molar-refractivity contribution in [2.24, 2.45) is 0 Å². The minimum Gasteiger partial charge on any atom is -0.481 e. The molecule has 0 aliphatic carbocycles. The third-order valence-corrected chi connectivity index (χ3v) is 6.43. The molecule has 0 spiro atoms. The van der Waals surface area contributed by atoms with Crippen LogP contribution in [0.25, 0.3) is 11.0 Å². The van der Waals surface area contributed by atoms with Gasteiger partial charge in [-0.2, -0.15) is 0 Å². The van der Waals surface area contributed by atoms with Crippen LogP contribution in [-0.4, -0.2) is 38.2 Å². The van der Waals surface area contributed by atoms with Crippen LogP contribution in [0, 0.1) is 0 Å². The number of aromatic nitrogens is 2. The highest BCUT2D eigenvalue weighted by atomic mass is 35.5. The molecular weight excluding hydrogens is 528 g/mol. The van der Waals surface area contributed by atoms with E-state index in [-0.39, 0.29) is 19.4 Å². The summed E-state index contributed by atoms with van der Waals surface area (Å²) >= 11 is 6.16. The molecule has 1 aromatic heterocycles. The summed E-state index contributed by atoms with van der Waals surface area (Å²) in [4.78, 5) is 64.2. The molecule has 0 saturated carbocycles. The number of benzene rings is 2. The zero-order valence-corrected chi connectivity index (χ0v) is 22.5. The topological polar surface area (TPSA) is 160 Å². The predicted molar refractivity (Wildman–Crippen MR) is 145 cm³/mol. The Morgan fingerprint density at radius 3 is 2.62 bits per heavy atom. The molecule has 2 amide bonds. The Kier molecular flexibility index (Phi) is 7.82. The summed E-state index contributed by atoms with van der Waals surface area (Å²) in [6, 6.07) is 7.55. The number of alkyl carbamates (subject to hydrolysis) is 1. The van der Waals surface area contributed by atoms with E-state index in [1.165, 1.54) is 4.57 Å². The van der Waals surface area contributed by atoms with E-state index in [9.17, 15) is 29.1 Å². The molecule has 39 heavy (non-hydrogen) atoms. The number of carbonyl (C=O) groups excluding carboxylic acids is 2. The van der Waals surface area contributed by atoms with E-state index in [1.54, 1.807) is 51.1 Å². The molecule has 3 aromatic rings. The molecule has 0 bridgehead atoms. The number of nitrogens with one attached hydrogen (secondary N) is 3. The molecule has 2 aromatic carbocycles. The second-order valence-corrected chi connectivity index (χ2v) is 10.9. The van der Waals surface area contributed by atoms with Crippen molar-refractivity contribution in [2.75, 3.05) is 5.32 Å². The summed E-state index contributed by atoms with van der Waals surface area (Å²) in [5.74, 6) is -1.54. The van der Waals surface area contributed by atoms with Crippen LogP contribution in [0.15, 0.2) is 39.9 Å². The van der Waals surface area contributed by atoms with Crippen molar-refractivity contribution in [1.82, 2.24) is 14.9 Å². The fourth-order valence-electron chi connectivity index (χ4n) is 4.70. The summed E-state index contributed by atoms with van der Waals surface area (Å²) in [5.41, 5.74) is 0.822. The number of aromatic amines is 1. The number of nitrogens with zero attached hydrogens (tertiary/aromatic N) is 1. The maximum absolute atomic E-state index is 13.1. The fraction of sp³-hybridized carbons (Fsp3) is 0.370. The molecule has 11 nitrogen and oxygen atoms in total. The van der Waals surface area contributed by atoms with Gasteiger partial charge in [-0.1, -0.05) is 23.7 Å². The number of ether oxygens (including phenoxy) is 1. The van der Waals surface area contributed by atoms with Gasteiger partial charge in [-0.15, -0.1) is 0 Å². The van der Waals surface area contributed by atoms with E-state index in [0.29, 0.717) is 45.7 Å². The van der Waals surface area contributed by atoms with Gasteiger partial charge in [-0.3, -0.25) is 23.7 Å². The molecule has 1 aliphatic rings. The first-order chi connectivity index (χ1) is 18.3. The number of hydrogen-bond acceptors (Lipinski definition) is 6. The fourth-order valence-corrected chi connectivity index (χ4v) is 4.94. The number of halogens is 1. The largest absolute Gasteiger partial charge is 0.481 e. The van der Waals surface area contributed by atoms with Crippen molar-refractivity contribution < 1.29 is 24.2 Å². The van der Waals surface area contributed by atoms with Crippen LogP contribution >= 0.6 is 11.6 Å². The SMILES string of the molecule is CC(C)(C)OC(=O)NCc1ccc(NC(=O)C[C@@H]2CCc3cc(Cl)cc4[nH]c(=O)c(=O)n2c34)c(CC(=O)O)c1. The van der Waals surface area contributed by atoms with E-state index in [1.807, 2.05) is 0 Å². The van der Waals surface area contributed by atoms with Gasteiger partial charge < -0.3 is 25.5 Å². The summed E-state index contributed by atoms with van der Waals surface area (Å²) in [7, 11) is 0. The van der Waals surface area contributed by atoms with E-state index < -0.39 is 40.7 Å². The molecule has 2 heterocycles. The highest BCUT2D eigenvalue weighted by Crippen LogP contribution is 2.32. The number of aryl methyl sites for hydroxylation is 1. The minimum absolute atomic E-state index is 0.0999. The van der Waals surface area contributed by atoms with Crippen LogP contribution in [0.3, 0.4) is 0 Å². The average Bonchev–Trinajstić information content (AvgIpc) is 2.81. The molecule has 0 saturated heterocycles. The molecule has 0 fully saturated rings. The van der Waals surface area contributed by atoms with Crippen LogP contribution in [0.1, 0.15) is 56.3 Å². The Bertz CT molecular complexity index is 1590. The van der Waals surface area contributed by atoms with Crippen LogP contribution in [0.4, 0.5) is 10.5 Å². The maximum Gasteiger partial charge on any atom is 0.407 e. The van der Waals surface area contributed by atoms with Gasteiger partial charge in [-0.05, 0) is 68.5 Å². The number of carbonyl (C=O) groups is 3. The maximum atomic E-state index is 13.1. The van der Waals surface area contributed by atoms with Gasteiger partial charge in [0.1, 0.15) is 5.60 Å². The molecule has 206 valence electrons. The average molecular weight is 557 g/mol. The Hall–Kier alpha value is -4.12. The first-order valence-corrected chi connectivity index (χ1v) is 12.8. The number of hydrogen-bond donors (Lipinski definition) is 4. The van der Waals surface area contributed by atoms with E-state index in [0.717, 1.165) is 5.56 Å². The number of amides is 2. The van der Waals surface area contributed by atoms with Gasteiger partial charge in [0.15, 0.2) is 0 Å². The van der Waals surface area contributed by atoms with Crippen molar-refractivity contribution in [3.05, 3.63) is 72.8 Å². The minimum atomic E-state index is -1.09. The standard InChI is InChI=1S/C27H29ClN4O7/c1-27(2,3)39-26(38)29-13-14-4-7-19(16(8-14)10-22(34)35)30-21(33)12-18-6-5-15-9-17(28)11-20-23(15)32(18)25(37)24(36)31-20/h4,7-9,11,18H,5-6,10,12-13H2,1-3H3,(H,29,38)(H,30,33)(H,31,36)(H,34,35)/t18-/m0/s1. The van der Waals surface area contributed by atoms with Crippen LogP contribution in [0.5, 0.6) is 0 Å². The Balaban J connectivity index is 1.53. The van der Waals surface area contributed by atoms with E-state index in [2.05, 4.69) is 15.6 Å². The van der Waals surface area contributed by atoms with Crippen molar-refractivity contribution in [3.63, 3.8) is 0 Å². The van der Waals surface area contributed by atoms with Crippen LogP contribution < -0.4 is 21.8 Å². The molecule has 0 radical (unpaired) electrons. The van der Waals surface area contributed by atoms with Crippen molar-refractivity contribution in [3.8, 4) is 0 Å². The number of H-pyrrole nitrogens is 1. The van der Waals surface area contributed by atoms with Crippen LogP contribution in [0.2, 0.25) is 5.02 Å². The lowest BCUT2D eigenvalue weighted by Crippen LogP contribution is -2.41. The third-order valence-electron chi connectivity index (χ3n) is 6.21. The summed E-state index contributed by atoms with van der Waals surface area (Å²) < 4.78 is 6.57. The highest BCUT2D eigenvalue weighted by molar-refractivity contribution is 6.31. The van der Waals surface area contributed by atoms with Gasteiger partial charge in [0.25, 0.3) is 0 Å². The summed E-state index contributed by atoms with van der Waals surface area (Å²) in [5, 5.41) is 15.2. The molecule has 1 atom stereocenters. The monoisotopic (exact) mass is 556 g/mol. The normalized spacial score (nSPS) is 14.6. The van der Waals surface area contributed by atoms with Gasteiger partial charge >= 0.3 is 23.2 Å². The van der Waals surface area contributed by atoms with Crippen LogP contribution in [-0.2, 0) is 33.7 Å². The zero-order chi connectivity index (χ0) is 28.5. The predicted octanol–water partition coefficient (Wildman–Crippen LogP) is 3.51. The number of anilines is 1. The lowest BCUT2D eigenvalue weighted by molar-refractivity contribution is -0.136. The first kappa shape index (κ1) is 27.9. The number of carboxylic acids is 1. The van der Waals surface area contributed by atoms with E-state index in [4.69, 9.17) is 16.3 Å². The van der Waals surface area contributed by atoms with Crippen molar-refractivity contribution in [1.29, 1.82) is 0 Å². The molecule has 4 N–H and O–H groups in total. The Morgan fingerprint density at radius 1 is 1.18 bits per heavy atom. The lowest BCUT2D eigenvalue weighted by Gasteiger charge is -2.27. The summed E-state index contributed by atoms with van der Waals surface area (Å²) in [6.07, 6.45) is -0.0722. The van der Waals surface area contributed by atoms with Gasteiger partial charge in [0, 0.05) is 29.7 Å². The van der Waals surface area contributed by atoms with Gasteiger partial charge in [0.2, 0.25) is 5.91 Å². The smallest absolute Gasteiger partial charge is 0.407 e. The molecule has 1 aliphatic heterocycles. The number of rotatable bonds is 7. The highest BCUT2D eigenvalue weighted by Gasteiger charge is 2.27. The number of aliphatic carboxylic acids is 1. The molecule has 4 rings (SSSR count). The number of carboxylic acid groups (broad SMARTS) is 1. The van der Waals surface area contributed by atoms with E-state index >= 15 is 0 Å². The lowest BCUT2D eigenvalue weighted by atomic mass is 9.96. The van der Waals surface area contributed by atoms with Crippen molar-refractivity contribution >= 4 is 46.3 Å². The quantitative estimate of drug-likeness (QED) is 0.324. The first-order valence-electron chi connectivity index (χ1n) is 12.4. The third kappa shape index (κ3) is 6.66. The van der Waals surface area contributed by atoms with Gasteiger partial charge in [0.05, 0.1) is 17.5 Å². The molecular formula is C27H29ClN4O7. The summed E-state index contributed by atoms with van der Waals surface area (Å²) in [6.45, 7) is 5.32. The molecule has 0 unspecified atom stereocenters. The molecule has 12 heteroatoms. The second kappa shape index (κ2) is 10.9. The zero-order valence-electron chi connectivity index (χ0n) is 21.7. The Labute approximate surface area is 228 Å². The second-order valence-electron chi connectivity index (χ2n) is 10.5. The Morgan fingerprint density at radius 2 is 1.92 bits per heavy atom. The van der Waals surface area contributed by atoms with Gasteiger partial charge in [-0.25, -0.2) is 4.79 Å².